The molecule has 2 heterocycles. The molecule has 0 unspecified atom stereocenters. The number of anilines is 1. The van der Waals surface area contributed by atoms with Gasteiger partial charge in [-0.15, -0.1) is 5.10 Å². The first-order valence-corrected chi connectivity index (χ1v) is 5.85. The number of hydrogen-bond acceptors (Lipinski definition) is 5. The molecule has 1 aromatic carbocycles. The van der Waals surface area contributed by atoms with E-state index in [1.807, 2.05) is 30.3 Å². The maximum absolute atomic E-state index is 5.78. The fourth-order valence-corrected chi connectivity index (χ4v) is 2.06. The quantitative estimate of drug-likeness (QED) is 0.740. The molecule has 0 fully saturated rings. The molecule has 0 amide bonds. The van der Waals surface area contributed by atoms with Gasteiger partial charge >= 0.3 is 0 Å². The number of aromatic nitrogens is 4. The Hall–Kier alpha value is -2.63. The lowest BCUT2D eigenvalue weighted by molar-refractivity contribution is 0.414. The van der Waals surface area contributed by atoms with Crippen molar-refractivity contribution in [3.8, 4) is 5.75 Å². The molecule has 96 valence electrons. The van der Waals surface area contributed by atoms with Crippen molar-refractivity contribution in [3.63, 3.8) is 0 Å². The minimum Gasteiger partial charge on any atom is -0.497 e. The van der Waals surface area contributed by atoms with Gasteiger partial charge in [-0.1, -0.05) is 17.3 Å². The second kappa shape index (κ2) is 4.56. The molecule has 0 atom stereocenters. The molecule has 6 nitrogen and oxygen atoms in total. The average molecular weight is 255 g/mol. The van der Waals surface area contributed by atoms with E-state index in [1.165, 1.54) is 0 Å². The summed E-state index contributed by atoms with van der Waals surface area (Å²) >= 11 is 0. The van der Waals surface area contributed by atoms with Crippen LogP contribution in [0.1, 0.15) is 11.1 Å². The average Bonchev–Trinajstić information content (AvgIpc) is 2.87. The van der Waals surface area contributed by atoms with Gasteiger partial charge in [-0.3, -0.25) is 0 Å². The lowest BCUT2D eigenvalue weighted by atomic mass is 10.0. The molecule has 3 rings (SSSR count). The lowest BCUT2D eigenvalue weighted by Gasteiger charge is -2.05. The highest BCUT2D eigenvalue weighted by Gasteiger charge is 2.09. The van der Waals surface area contributed by atoms with E-state index < -0.39 is 0 Å². The number of benzene rings is 1. The number of rotatable bonds is 3. The summed E-state index contributed by atoms with van der Waals surface area (Å²) in [6, 6.07) is 9.72. The summed E-state index contributed by atoms with van der Waals surface area (Å²) in [5, 5.41) is 10.5. The van der Waals surface area contributed by atoms with E-state index >= 15 is 0 Å². The summed E-state index contributed by atoms with van der Waals surface area (Å²) in [6.07, 6.45) is 0.701. The summed E-state index contributed by atoms with van der Waals surface area (Å²) in [5.74, 6) is 1.28. The third-order valence-corrected chi connectivity index (χ3v) is 2.93. The van der Waals surface area contributed by atoms with Crippen molar-refractivity contribution in [3.05, 3.63) is 41.5 Å². The third-order valence-electron chi connectivity index (χ3n) is 2.93. The van der Waals surface area contributed by atoms with Gasteiger partial charge in [0.1, 0.15) is 17.1 Å². The Morgan fingerprint density at radius 2 is 2.21 bits per heavy atom. The number of pyridine rings is 1. The summed E-state index contributed by atoms with van der Waals surface area (Å²) in [4.78, 5) is 4.14. The highest BCUT2D eigenvalue weighted by atomic mass is 16.5. The van der Waals surface area contributed by atoms with E-state index in [1.54, 1.807) is 7.11 Å². The maximum Gasteiger partial charge on any atom is 0.178 e. The fourth-order valence-electron chi connectivity index (χ4n) is 2.06. The molecule has 0 aliphatic rings. The van der Waals surface area contributed by atoms with Crippen LogP contribution in [0.25, 0.3) is 11.2 Å². The minimum atomic E-state index is 0.455. The topological polar surface area (TPSA) is 89.7 Å². The Labute approximate surface area is 109 Å². The molecule has 0 radical (unpaired) electrons. The molecule has 19 heavy (non-hydrogen) atoms. The molecule has 0 bridgehead atoms. The summed E-state index contributed by atoms with van der Waals surface area (Å²) in [6.45, 7) is 0. The monoisotopic (exact) mass is 255 g/mol. The fraction of sp³-hybridized carbons (Fsp3) is 0.154. The molecule has 0 saturated heterocycles. The zero-order valence-corrected chi connectivity index (χ0v) is 10.4. The molecule has 6 heteroatoms. The number of fused-ring (bicyclic) bond motifs is 1. The molecular weight excluding hydrogens is 242 g/mol. The van der Waals surface area contributed by atoms with Crippen LogP contribution in [0.5, 0.6) is 5.75 Å². The Morgan fingerprint density at radius 1 is 1.32 bits per heavy atom. The Bertz CT molecular complexity index is 722. The number of nitrogens with zero attached hydrogens (tertiary/aromatic N) is 3. The van der Waals surface area contributed by atoms with E-state index in [4.69, 9.17) is 10.5 Å². The van der Waals surface area contributed by atoms with Gasteiger partial charge < -0.3 is 10.5 Å². The van der Waals surface area contributed by atoms with Crippen LogP contribution in [0.3, 0.4) is 0 Å². The van der Waals surface area contributed by atoms with E-state index in [0.29, 0.717) is 17.9 Å². The SMILES string of the molecule is COc1cccc(Cc2cc(N)nc3[nH]nnc23)c1. The van der Waals surface area contributed by atoms with E-state index in [0.717, 1.165) is 22.4 Å². The van der Waals surface area contributed by atoms with E-state index in [9.17, 15) is 0 Å². The van der Waals surface area contributed by atoms with Gasteiger partial charge in [-0.2, -0.15) is 0 Å². The third kappa shape index (κ3) is 2.20. The van der Waals surface area contributed by atoms with Crippen molar-refractivity contribution < 1.29 is 4.74 Å². The highest BCUT2D eigenvalue weighted by molar-refractivity contribution is 5.76. The normalized spacial score (nSPS) is 10.8. The number of ether oxygens (including phenoxy) is 1. The van der Waals surface area contributed by atoms with Gasteiger partial charge in [0.05, 0.1) is 7.11 Å². The van der Waals surface area contributed by atoms with Crippen LogP contribution >= 0.6 is 0 Å². The number of nitrogens with one attached hydrogen (secondary N) is 1. The zero-order chi connectivity index (χ0) is 13.2. The Morgan fingerprint density at radius 3 is 3.05 bits per heavy atom. The predicted molar refractivity (Wildman–Crippen MR) is 71.9 cm³/mol. The van der Waals surface area contributed by atoms with Crippen LogP contribution in [0, 0.1) is 0 Å². The first-order chi connectivity index (χ1) is 9.26. The zero-order valence-electron chi connectivity index (χ0n) is 10.4. The summed E-state index contributed by atoms with van der Waals surface area (Å²) in [7, 11) is 1.65. The second-order valence-corrected chi connectivity index (χ2v) is 4.24. The molecule has 2 aromatic heterocycles. The van der Waals surface area contributed by atoms with Crippen LogP contribution in [-0.4, -0.2) is 27.5 Å². The molecule has 3 N–H and O–H groups in total. The van der Waals surface area contributed by atoms with Crippen LogP contribution in [0.2, 0.25) is 0 Å². The smallest absolute Gasteiger partial charge is 0.178 e. The van der Waals surface area contributed by atoms with E-state index in [-0.39, 0.29) is 0 Å². The first-order valence-electron chi connectivity index (χ1n) is 5.85. The van der Waals surface area contributed by atoms with Crippen molar-refractivity contribution in [1.29, 1.82) is 0 Å². The van der Waals surface area contributed by atoms with Gasteiger partial charge in [0.25, 0.3) is 0 Å². The minimum absolute atomic E-state index is 0.455. The van der Waals surface area contributed by atoms with Crippen molar-refractivity contribution in [1.82, 2.24) is 20.4 Å². The van der Waals surface area contributed by atoms with Crippen molar-refractivity contribution in [2.45, 2.75) is 6.42 Å². The Balaban J connectivity index is 2.02. The molecule has 0 spiro atoms. The van der Waals surface area contributed by atoms with Crippen LogP contribution in [0.4, 0.5) is 5.82 Å². The molecule has 0 aliphatic carbocycles. The second-order valence-electron chi connectivity index (χ2n) is 4.24. The largest absolute Gasteiger partial charge is 0.497 e. The Kier molecular flexibility index (Phi) is 2.75. The van der Waals surface area contributed by atoms with Crippen molar-refractivity contribution in [2.24, 2.45) is 0 Å². The maximum atomic E-state index is 5.78. The molecule has 3 aromatic rings. The number of H-pyrrole nitrogens is 1. The number of nitrogens with two attached hydrogens (primary N) is 1. The predicted octanol–water partition coefficient (Wildman–Crippen LogP) is 1.53. The number of methoxy groups -OCH3 is 1. The molecule has 0 saturated carbocycles. The number of hydrogen-bond donors (Lipinski definition) is 2. The van der Waals surface area contributed by atoms with E-state index in [2.05, 4.69) is 20.4 Å². The summed E-state index contributed by atoms with van der Waals surface area (Å²) in [5.41, 5.74) is 9.25. The number of aromatic amines is 1. The van der Waals surface area contributed by atoms with Gasteiger partial charge in [-0.05, 0) is 29.3 Å². The standard InChI is InChI=1S/C13H13N5O/c1-19-10-4-2-3-8(6-10)5-9-7-11(14)15-13-12(9)16-18-17-13/h2-4,6-7H,5H2,1H3,(H3,14,15,16,17,18). The van der Waals surface area contributed by atoms with Crippen LogP contribution < -0.4 is 10.5 Å². The van der Waals surface area contributed by atoms with Gasteiger partial charge in [0, 0.05) is 6.42 Å². The lowest BCUT2D eigenvalue weighted by Crippen LogP contribution is -1.97. The van der Waals surface area contributed by atoms with Crippen LogP contribution in [-0.2, 0) is 6.42 Å². The van der Waals surface area contributed by atoms with Crippen molar-refractivity contribution >= 4 is 17.0 Å². The van der Waals surface area contributed by atoms with Gasteiger partial charge in [-0.25, -0.2) is 10.1 Å². The molecule has 0 aliphatic heterocycles. The first kappa shape index (κ1) is 11.5. The highest BCUT2D eigenvalue weighted by Crippen LogP contribution is 2.21. The van der Waals surface area contributed by atoms with Crippen molar-refractivity contribution in [2.75, 3.05) is 12.8 Å². The van der Waals surface area contributed by atoms with Crippen LogP contribution in [0.15, 0.2) is 30.3 Å². The van der Waals surface area contributed by atoms with Gasteiger partial charge in [0.2, 0.25) is 0 Å². The number of nitrogen functional groups attached to an aromatic ring is 1. The summed E-state index contributed by atoms with van der Waals surface area (Å²) < 4.78 is 5.22. The molecular formula is C13H13N5O. The van der Waals surface area contributed by atoms with Gasteiger partial charge in [0.15, 0.2) is 5.65 Å².